The standard InChI is InChI=1S/C10H11N5S/c1-16-7-5-3-2-4-6(7)8-13-9(11)15-10(12)14-8/h2-5H,1H3,(H4,11,12,13,14,15). The third kappa shape index (κ3) is 2.06. The maximum absolute atomic E-state index is 5.54. The van der Waals surface area contributed by atoms with E-state index in [1.54, 1.807) is 11.8 Å². The Labute approximate surface area is 97.3 Å². The highest BCUT2D eigenvalue weighted by Gasteiger charge is 2.08. The van der Waals surface area contributed by atoms with E-state index in [0.29, 0.717) is 5.82 Å². The highest BCUT2D eigenvalue weighted by atomic mass is 32.2. The Hall–Kier alpha value is -1.82. The van der Waals surface area contributed by atoms with Crippen molar-refractivity contribution in [3.05, 3.63) is 24.3 Å². The topological polar surface area (TPSA) is 90.7 Å². The fourth-order valence-corrected chi connectivity index (χ4v) is 1.95. The minimum absolute atomic E-state index is 0.137. The molecule has 1 heterocycles. The maximum Gasteiger partial charge on any atom is 0.225 e. The lowest BCUT2D eigenvalue weighted by Gasteiger charge is -2.06. The quantitative estimate of drug-likeness (QED) is 0.762. The molecular formula is C10H11N5S. The Morgan fingerprint density at radius 3 is 2.25 bits per heavy atom. The summed E-state index contributed by atoms with van der Waals surface area (Å²) < 4.78 is 0. The molecule has 1 aromatic carbocycles. The number of rotatable bonds is 2. The van der Waals surface area contributed by atoms with Crippen molar-refractivity contribution in [1.82, 2.24) is 15.0 Å². The summed E-state index contributed by atoms with van der Waals surface area (Å²) in [6.45, 7) is 0. The zero-order valence-corrected chi connectivity index (χ0v) is 9.53. The van der Waals surface area contributed by atoms with Gasteiger partial charge in [-0.3, -0.25) is 0 Å². The third-order valence-electron chi connectivity index (χ3n) is 2.02. The number of aromatic nitrogens is 3. The molecule has 0 amide bonds. The Balaban J connectivity index is 2.58. The number of hydrogen-bond acceptors (Lipinski definition) is 6. The van der Waals surface area contributed by atoms with Crippen LogP contribution in [0.3, 0.4) is 0 Å². The van der Waals surface area contributed by atoms with E-state index < -0.39 is 0 Å². The van der Waals surface area contributed by atoms with Crippen molar-refractivity contribution < 1.29 is 0 Å². The first-order valence-electron chi connectivity index (χ1n) is 4.61. The van der Waals surface area contributed by atoms with Crippen LogP contribution in [0, 0.1) is 0 Å². The fourth-order valence-electron chi connectivity index (χ4n) is 1.36. The van der Waals surface area contributed by atoms with Gasteiger partial charge in [-0.1, -0.05) is 18.2 Å². The average Bonchev–Trinajstić information content (AvgIpc) is 2.27. The number of benzene rings is 1. The van der Waals surface area contributed by atoms with E-state index >= 15 is 0 Å². The maximum atomic E-state index is 5.54. The minimum Gasteiger partial charge on any atom is -0.368 e. The number of nitrogens with two attached hydrogens (primary N) is 2. The normalized spacial score (nSPS) is 10.3. The SMILES string of the molecule is CSc1ccccc1-c1nc(N)nc(N)n1. The van der Waals surface area contributed by atoms with Crippen LogP contribution in [0.2, 0.25) is 0 Å². The molecule has 0 radical (unpaired) electrons. The van der Waals surface area contributed by atoms with Crippen LogP contribution < -0.4 is 11.5 Å². The van der Waals surface area contributed by atoms with Crippen LogP contribution >= 0.6 is 11.8 Å². The molecule has 0 saturated heterocycles. The molecule has 6 heteroatoms. The van der Waals surface area contributed by atoms with Crippen LogP contribution in [-0.4, -0.2) is 21.2 Å². The molecule has 1 aromatic heterocycles. The average molecular weight is 233 g/mol. The van der Waals surface area contributed by atoms with Crippen LogP contribution in [-0.2, 0) is 0 Å². The summed E-state index contributed by atoms with van der Waals surface area (Å²) in [6.07, 6.45) is 1.99. The van der Waals surface area contributed by atoms with Crippen molar-refractivity contribution in [2.24, 2.45) is 0 Å². The van der Waals surface area contributed by atoms with Crippen molar-refractivity contribution >= 4 is 23.7 Å². The van der Waals surface area contributed by atoms with Crippen molar-refractivity contribution in [3.63, 3.8) is 0 Å². The molecule has 0 spiro atoms. The van der Waals surface area contributed by atoms with E-state index in [-0.39, 0.29) is 11.9 Å². The highest BCUT2D eigenvalue weighted by molar-refractivity contribution is 7.98. The first-order chi connectivity index (χ1) is 7.70. The molecule has 0 unspecified atom stereocenters. The second kappa shape index (κ2) is 4.36. The first kappa shape index (κ1) is 10.7. The van der Waals surface area contributed by atoms with Crippen molar-refractivity contribution in [2.75, 3.05) is 17.7 Å². The van der Waals surface area contributed by atoms with Crippen LogP contribution in [0.1, 0.15) is 0 Å². The minimum atomic E-state index is 0.137. The number of hydrogen-bond donors (Lipinski definition) is 2. The molecule has 0 fully saturated rings. The molecular weight excluding hydrogens is 222 g/mol. The Morgan fingerprint density at radius 1 is 1.00 bits per heavy atom. The van der Waals surface area contributed by atoms with Gasteiger partial charge in [0.05, 0.1) is 0 Å². The molecule has 0 saturated carbocycles. The molecule has 0 atom stereocenters. The van der Waals surface area contributed by atoms with Gasteiger partial charge < -0.3 is 11.5 Å². The van der Waals surface area contributed by atoms with Gasteiger partial charge in [0.15, 0.2) is 5.82 Å². The zero-order valence-electron chi connectivity index (χ0n) is 8.71. The first-order valence-corrected chi connectivity index (χ1v) is 5.83. The molecule has 2 aromatic rings. The van der Waals surface area contributed by atoms with E-state index in [2.05, 4.69) is 15.0 Å². The van der Waals surface area contributed by atoms with Crippen LogP contribution in [0.5, 0.6) is 0 Å². The second-order valence-corrected chi connectivity index (χ2v) is 3.92. The molecule has 0 bridgehead atoms. The highest BCUT2D eigenvalue weighted by Crippen LogP contribution is 2.27. The van der Waals surface area contributed by atoms with Crippen molar-refractivity contribution in [3.8, 4) is 11.4 Å². The van der Waals surface area contributed by atoms with Gasteiger partial charge in [0.2, 0.25) is 11.9 Å². The lowest BCUT2D eigenvalue weighted by Crippen LogP contribution is -2.04. The van der Waals surface area contributed by atoms with E-state index in [0.717, 1.165) is 10.5 Å². The predicted molar refractivity (Wildman–Crippen MR) is 65.9 cm³/mol. The number of nitrogens with zero attached hydrogens (tertiary/aromatic N) is 3. The summed E-state index contributed by atoms with van der Waals surface area (Å²) in [5.41, 5.74) is 12.0. The molecule has 16 heavy (non-hydrogen) atoms. The van der Waals surface area contributed by atoms with Gasteiger partial charge in [-0.05, 0) is 12.3 Å². The Morgan fingerprint density at radius 2 is 1.62 bits per heavy atom. The monoisotopic (exact) mass is 233 g/mol. The van der Waals surface area contributed by atoms with Crippen LogP contribution in [0.4, 0.5) is 11.9 Å². The summed E-state index contributed by atoms with van der Waals surface area (Å²) in [6, 6.07) is 7.81. The van der Waals surface area contributed by atoms with Gasteiger partial charge in [-0.2, -0.15) is 15.0 Å². The van der Waals surface area contributed by atoms with Gasteiger partial charge >= 0.3 is 0 Å². The fraction of sp³-hybridized carbons (Fsp3) is 0.100. The molecule has 4 N–H and O–H groups in total. The van der Waals surface area contributed by atoms with Crippen LogP contribution in [0.25, 0.3) is 11.4 Å². The summed E-state index contributed by atoms with van der Waals surface area (Å²) in [7, 11) is 0. The van der Waals surface area contributed by atoms with Gasteiger partial charge in [-0.15, -0.1) is 11.8 Å². The zero-order chi connectivity index (χ0) is 11.5. The molecule has 0 aliphatic rings. The molecule has 0 aliphatic carbocycles. The van der Waals surface area contributed by atoms with E-state index in [4.69, 9.17) is 11.5 Å². The van der Waals surface area contributed by atoms with Gasteiger partial charge in [0.1, 0.15) is 0 Å². The summed E-state index contributed by atoms with van der Waals surface area (Å²) in [4.78, 5) is 13.0. The van der Waals surface area contributed by atoms with Gasteiger partial charge in [0.25, 0.3) is 0 Å². The smallest absolute Gasteiger partial charge is 0.225 e. The molecule has 5 nitrogen and oxygen atoms in total. The third-order valence-corrected chi connectivity index (χ3v) is 2.81. The van der Waals surface area contributed by atoms with Crippen molar-refractivity contribution in [2.45, 2.75) is 4.90 Å². The predicted octanol–water partition coefficient (Wildman–Crippen LogP) is 1.42. The van der Waals surface area contributed by atoms with Gasteiger partial charge in [-0.25, -0.2) is 0 Å². The number of anilines is 2. The van der Waals surface area contributed by atoms with E-state index in [1.165, 1.54) is 0 Å². The summed E-state index contributed by atoms with van der Waals surface area (Å²) >= 11 is 1.62. The largest absolute Gasteiger partial charge is 0.368 e. The lowest BCUT2D eigenvalue weighted by atomic mass is 10.2. The lowest BCUT2D eigenvalue weighted by molar-refractivity contribution is 1.08. The molecule has 0 aliphatic heterocycles. The number of nitrogen functional groups attached to an aromatic ring is 2. The molecule has 2 rings (SSSR count). The van der Waals surface area contributed by atoms with Crippen molar-refractivity contribution in [1.29, 1.82) is 0 Å². The Bertz CT molecular complexity index is 494. The summed E-state index contributed by atoms with van der Waals surface area (Å²) in [5, 5.41) is 0. The van der Waals surface area contributed by atoms with E-state index in [9.17, 15) is 0 Å². The summed E-state index contributed by atoms with van der Waals surface area (Å²) in [5.74, 6) is 0.784. The van der Waals surface area contributed by atoms with Crippen LogP contribution in [0.15, 0.2) is 29.2 Å². The Kier molecular flexibility index (Phi) is 2.91. The van der Waals surface area contributed by atoms with Gasteiger partial charge in [0, 0.05) is 10.5 Å². The molecule has 82 valence electrons. The second-order valence-electron chi connectivity index (χ2n) is 3.08. The number of thioether (sulfide) groups is 1. The van der Waals surface area contributed by atoms with E-state index in [1.807, 2.05) is 30.5 Å².